The van der Waals surface area contributed by atoms with Crippen LogP contribution in [-0.2, 0) is 0 Å². The molecular formula is C14H23N3O2. The minimum Gasteiger partial charge on any atom is -0.497 e. The largest absolute Gasteiger partial charge is 0.497 e. The van der Waals surface area contributed by atoms with Gasteiger partial charge in [-0.15, -0.1) is 0 Å². The number of aliphatic hydroxyl groups excluding tert-OH is 1. The lowest BCUT2D eigenvalue weighted by Crippen LogP contribution is -2.34. The van der Waals surface area contributed by atoms with Crippen LogP contribution in [0, 0.1) is 5.41 Å². The molecule has 1 rings (SSSR count). The summed E-state index contributed by atoms with van der Waals surface area (Å²) in [4.78, 5) is 2.12. The number of nitrogens with one attached hydrogen (secondary N) is 1. The van der Waals surface area contributed by atoms with Crippen LogP contribution in [0.4, 0.5) is 5.69 Å². The fourth-order valence-corrected chi connectivity index (χ4v) is 2.00. The Morgan fingerprint density at radius 3 is 2.63 bits per heavy atom. The van der Waals surface area contributed by atoms with Crippen LogP contribution in [0.2, 0.25) is 0 Å². The van der Waals surface area contributed by atoms with Crippen LogP contribution < -0.4 is 15.4 Å². The van der Waals surface area contributed by atoms with Gasteiger partial charge in [0.1, 0.15) is 11.6 Å². The highest BCUT2D eigenvalue weighted by atomic mass is 16.5. The average Bonchev–Trinajstić information content (AvgIpc) is 2.38. The van der Waals surface area contributed by atoms with Crippen molar-refractivity contribution in [1.82, 2.24) is 0 Å². The van der Waals surface area contributed by atoms with E-state index >= 15 is 0 Å². The molecule has 0 aliphatic rings. The van der Waals surface area contributed by atoms with Crippen molar-refractivity contribution in [3.05, 3.63) is 23.8 Å². The number of nitrogen functional groups attached to an aromatic ring is 1. The maximum Gasteiger partial charge on any atom is 0.124 e. The molecule has 106 valence electrons. The van der Waals surface area contributed by atoms with Crippen LogP contribution in [0.25, 0.3) is 0 Å². The first kappa shape index (κ1) is 15.3. The first-order valence-electron chi connectivity index (χ1n) is 6.41. The van der Waals surface area contributed by atoms with E-state index in [0.717, 1.165) is 11.4 Å². The normalized spacial score (nSPS) is 10.6. The third kappa shape index (κ3) is 3.86. The van der Waals surface area contributed by atoms with E-state index in [2.05, 4.69) is 18.7 Å². The maximum absolute atomic E-state index is 9.00. The van der Waals surface area contributed by atoms with E-state index < -0.39 is 0 Å². The molecule has 0 saturated heterocycles. The number of ether oxygens (including phenoxy) is 1. The fourth-order valence-electron chi connectivity index (χ4n) is 2.00. The third-order valence-corrected chi connectivity index (χ3v) is 2.98. The molecule has 0 atom stereocenters. The Kier molecular flexibility index (Phi) is 5.63. The van der Waals surface area contributed by atoms with Crippen LogP contribution >= 0.6 is 0 Å². The second-order valence-electron chi connectivity index (χ2n) is 4.66. The number of rotatable bonds is 7. The van der Waals surface area contributed by atoms with Gasteiger partial charge in [0.05, 0.1) is 12.8 Å². The molecule has 19 heavy (non-hydrogen) atoms. The first-order chi connectivity index (χ1) is 9.01. The number of methoxy groups -OCH3 is 1. The summed E-state index contributed by atoms with van der Waals surface area (Å²) in [6, 6.07) is 5.72. The molecule has 0 aliphatic carbocycles. The van der Waals surface area contributed by atoms with Crippen molar-refractivity contribution in [2.24, 2.45) is 5.73 Å². The molecule has 1 aromatic rings. The van der Waals surface area contributed by atoms with Gasteiger partial charge in [0, 0.05) is 30.8 Å². The molecular weight excluding hydrogens is 242 g/mol. The van der Waals surface area contributed by atoms with Crippen LogP contribution in [0.15, 0.2) is 18.2 Å². The molecule has 0 bridgehead atoms. The molecule has 0 saturated carbocycles. The summed E-state index contributed by atoms with van der Waals surface area (Å²) in [5.74, 6) is 0.766. The number of nitrogens with two attached hydrogens (primary N) is 1. The first-order valence-corrected chi connectivity index (χ1v) is 6.41. The summed E-state index contributed by atoms with van der Waals surface area (Å²) in [5, 5.41) is 16.7. The van der Waals surface area contributed by atoms with Crippen LogP contribution in [0.1, 0.15) is 25.8 Å². The summed E-state index contributed by atoms with van der Waals surface area (Å²) in [5.41, 5.74) is 7.20. The zero-order valence-corrected chi connectivity index (χ0v) is 11.8. The number of hydrogen-bond acceptors (Lipinski definition) is 4. The van der Waals surface area contributed by atoms with Gasteiger partial charge < -0.3 is 20.5 Å². The lowest BCUT2D eigenvalue weighted by molar-refractivity contribution is 0.288. The number of hydrogen-bond donors (Lipinski definition) is 3. The van der Waals surface area contributed by atoms with E-state index in [0.29, 0.717) is 18.5 Å². The van der Waals surface area contributed by atoms with Gasteiger partial charge in [-0.1, -0.05) is 0 Å². The Morgan fingerprint density at radius 1 is 1.47 bits per heavy atom. The highest BCUT2D eigenvalue weighted by molar-refractivity contribution is 6.00. The molecule has 0 amide bonds. The van der Waals surface area contributed by atoms with Crippen molar-refractivity contribution in [3.8, 4) is 5.75 Å². The molecule has 0 heterocycles. The van der Waals surface area contributed by atoms with E-state index in [9.17, 15) is 0 Å². The summed E-state index contributed by atoms with van der Waals surface area (Å²) >= 11 is 0. The summed E-state index contributed by atoms with van der Waals surface area (Å²) in [7, 11) is 1.61. The van der Waals surface area contributed by atoms with Crippen LogP contribution in [0.5, 0.6) is 5.75 Å². The lowest BCUT2D eigenvalue weighted by atomic mass is 10.1. The van der Waals surface area contributed by atoms with E-state index in [4.69, 9.17) is 21.0 Å². The van der Waals surface area contributed by atoms with Gasteiger partial charge in [-0.3, -0.25) is 5.41 Å². The summed E-state index contributed by atoms with van der Waals surface area (Å²) in [6.07, 6.45) is 0.673. The molecule has 0 fully saturated rings. The number of aliphatic hydroxyl groups is 1. The SMILES string of the molecule is COc1ccc(C(=N)N)c(N(CCCO)C(C)C)c1. The predicted octanol–water partition coefficient (Wildman–Crippen LogP) is 1.58. The van der Waals surface area contributed by atoms with E-state index in [1.165, 1.54) is 0 Å². The second-order valence-corrected chi connectivity index (χ2v) is 4.66. The van der Waals surface area contributed by atoms with Gasteiger partial charge in [0.15, 0.2) is 0 Å². The Morgan fingerprint density at radius 2 is 2.16 bits per heavy atom. The molecule has 1 aromatic carbocycles. The average molecular weight is 265 g/mol. The highest BCUT2D eigenvalue weighted by Gasteiger charge is 2.16. The van der Waals surface area contributed by atoms with Gasteiger partial charge in [-0.05, 0) is 32.4 Å². The molecule has 0 aliphatic heterocycles. The highest BCUT2D eigenvalue weighted by Crippen LogP contribution is 2.27. The van der Waals surface area contributed by atoms with Crippen molar-refractivity contribution in [3.63, 3.8) is 0 Å². The van der Waals surface area contributed by atoms with Crippen molar-refractivity contribution in [2.45, 2.75) is 26.3 Å². The molecule has 0 radical (unpaired) electrons. The molecule has 5 nitrogen and oxygen atoms in total. The summed E-state index contributed by atoms with van der Waals surface area (Å²) in [6.45, 7) is 4.99. The van der Waals surface area contributed by atoms with Crippen molar-refractivity contribution in [2.75, 3.05) is 25.2 Å². The minimum absolute atomic E-state index is 0.0345. The molecule has 0 aromatic heterocycles. The second kappa shape index (κ2) is 6.99. The lowest BCUT2D eigenvalue weighted by Gasteiger charge is -2.31. The van der Waals surface area contributed by atoms with Crippen LogP contribution in [0.3, 0.4) is 0 Å². The standard InChI is InChI=1S/C14H23N3O2/c1-10(2)17(7-4-8-18)13-9-11(19-3)5-6-12(13)14(15)16/h5-6,9-10,18H,4,7-8H2,1-3H3,(H3,15,16). The Bertz CT molecular complexity index is 433. The monoisotopic (exact) mass is 265 g/mol. The molecule has 0 spiro atoms. The van der Waals surface area contributed by atoms with Crippen molar-refractivity contribution >= 4 is 11.5 Å². The Labute approximate surface area is 114 Å². The van der Waals surface area contributed by atoms with Crippen molar-refractivity contribution < 1.29 is 9.84 Å². The maximum atomic E-state index is 9.00. The smallest absolute Gasteiger partial charge is 0.124 e. The van der Waals surface area contributed by atoms with Crippen LogP contribution in [-0.4, -0.2) is 37.2 Å². The van der Waals surface area contributed by atoms with Gasteiger partial charge >= 0.3 is 0 Å². The van der Waals surface area contributed by atoms with Gasteiger partial charge in [0.25, 0.3) is 0 Å². The fraction of sp³-hybridized carbons (Fsp3) is 0.500. The zero-order valence-electron chi connectivity index (χ0n) is 11.8. The Hall–Kier alpha value is -1.75. The quantitative estimate of drug-likeness (QED) is 0.516. The van der Waals surface area contributed by atoms with Gasteiger partial charge in [0.2, 0.25) is 0 Å². The molecule has 0 unspecified atom stereocenters. The van der Waals surface area contributed by atoms with E-state index in [1.54, 1.807) is 19.2 Å². The topological polar surface area (TPSA) is 82.6 Å². The number of nitrogens with zero attached hydrogens (tertiary/aromatic N) is 1. The predicted molar refractivity (Wildman–Crippen MR) is 78.2 cm³/mol. The van der Waals surface area contributed by atoms with Gasteiger partial charge in [-0.25, -0.2) is 0 Å². The van der Waals surface area contributed by atoms with E-state index in [1.807, 2.05) is 6.07 Å². The van der Waals surface area contributed by atoms with E-state index in [-0.39, 0.29) is 18.5 Å². The number of benzene rings is 1. The molecule has 5 heteroatoms. The van der Waals surface area contributed by atoms with Gasteiger partial charge in [-0.2, -0.15) is 0 Å². The number of anilines is 1. The summed E-state index contributed by atoms with van der Waals surface area (Å²) < 4.78 is 5.24. The molecule has 4 N–H and O–H groups in total. The zero-order chi connectivity index (χ0) is 14.4. The Balaban J connectivity index is 3.20. The number of amidine groups is 1. The third-order valence-electron chi connectivity index (χ3n) is 2.98. The van der Waals surface area contributed by atoms with Crippen molar-refractivity contribution in [1.29, 1.82) is 5.41 Å². The minimum atomic E-state index is 0.0345.